The first-order chi connectivity index (χ1) is 8.70. The van der Waals surface area contributed by atoms with E-state index in [4.69, 9.17) is 0 Å². The summed E-state index contributed by atoms with van der Waals surface area (Å²) in [7, 11) is 0. The fourth-order valence-electron chi connectivity index (χ4n) is 1.31. The van der Waals surface area contributed by atoms with Gasteiger partial charge in [0.2, 0.25) is 5.91 Å². The van der Waals surface area contributed by atoms with E-state index >= 15 is 0 Å². The minimum absolute atomic E-state index is 0.218. The number of benzene rings is 1. The normalized spacial score (nSPS) is 11.5. The number of halogens is 3. The lowest BCUT2D eigenvalue weighted by Gasteiger charge is -2.09. The second-order valence-electron chi connectivity index (χ2n) is 4.42. The number of rotatable bonds is 4. The van der Waals surface area contributed by atoms with Gasteiger partial charge in [0.05, 0.1) is 12.0 Å². The maximum atomic E-state index is 12.3. The summed E-state index contributed by atoms with van der Waals surface area (Å²) in [5.74, 6) is -0.999. The molecule has 0 aliphatic rings. The summed E-state index contributed by atoms with van der Waals surface area (Å²) in [4.78, 5) is 22.8. The van der Waals surface area contributed by atoms with Gasteiger partial charge >= 0.3 is 6.18 Å². The van der Waals surface area contributed by atoms with Gasteiger partial charge in [0, 0.05) is 11.6 Å². The second-order valence-corrected chi connectivity index (χ2v) is 4.42. The molecule has 104 valence electrons. The van der Waals surface area contributed by atoms with Crippen LogP contribution in [-0.4, -0.2) is 11.7 Å². The fraction of sp³-hybridized carbons (Fsp3) is 0.385. The number of hydrogen-bond donors (Lipinski definition) is 1. The third-order valence-electron chi connectivity index (χ3n) is 2.47. The molecule has 1 aromatic rings. The van der Waals surface area contributed by atoms with E-state index in [1.165, 1.54) is 0 Å². The van der Waals surface area contributed by atoms with Crippen LogP contribution in [0.4, 0.5) is 18.9 Å². The molecule has 0 saturated carbocycles. The van der Waals surface area contributed by atoms with Crippen LogP contribution in [0.1, 0.15) is 25.8 Å². The van der Waals surface area contributed by atoms with Crippen molar-refractivity contribution in [2.24, 2.45) is 5.92 Å². The minimum atomic E-state index is -4.41. The maximum Gasteiger partial charge on any atom is 0.416 e. The lowest BCUT2D eigenvalue weighted by molar-refractivity contribution is -0.137. The molecular formula is C13H14F3NO2. The van der Waals surface area contributed by atoms with Crippen molar-refractivity contribution in [1.29, 1.82) is 0 Å². The highest BCUT2D eigenvalue weighted by molar-refractivity contribution is 6.04. The average Bonchev–Trinajstić information content (AvgIpc) is 2.28. The molecule has 0 aromatic heterocycles. The Kier molecular flexibility index (Phi) is 4.69. The third-order valence-corrected chi connectivity index (χ3v) is 2.47. The number of alkyl halides is 3. The highest BCUT2D eigenvalue weighted by atomic mass is 19.4. The van der Waals surface area contributed by atoms with Crippen LogP contribution in [0, 0.1) is 5.92 Å². The summed E-state index contributed by atoms with van der Waals surface area (Å²) in [6.07, 6.45) is -4.69. The molecule has 6 heteroatoms. The van der Waals surface area contributed by atoms with Crippen LogP contribution >= 0.6 is 0 Å². The Hall–Kier alpha value is -1.85. The molecule has 3 nitrogen and oxygen atoms in total. The van der Waals surface area contributed by atoms with Crippen LogP contribution in [0.25, 0.3) is 0 Å². The first-order valence-corrected chi connectivity index (χ1v) is 5.70. The van der Waals surface area contributed by atoms with E-state index in [9.17, 15) is 22.8 Å². The van der Waals surface area contributed by atoms with E-state index in [0.717, 1.165) is 24.3 Å². The molecule has 1 rings (SSSR count). The second kappa shape index (κ2) is 5.86. The Morgan fingerprint density at radius 1 is 1.16 bits per heavy atom. The number of carbonyl (C=O) groups excluding carboxylic acids is 2. The molecule has 0 aliphatic heterocycles. The quantitative estimate of drug-likeness (QED) is 0.856. The van der Waals surface area contributed by atoms with Crippen molar-refractivity contribution in [3.63, 3.8) is 0 Å². The van der Waals surface area contributed by atoms with Crippen LogP contribution in [0.15, 0.2) is 24.3 Å². The molecule has 1 aromatic carbocycles. The lowest BCUT2D eigenvalue weighted by atomic mass is 10.1. The summed E-state index contributed by atoms with van der Waals surface area (Å²) in [5, 5.41) is 2.38. The van der Waals surface area contributed by atoms with Crippen molar-refractivity contribution in [3.05, 3.63) is 29.8 Å². The predicted octanol–water partition coefficient (Wildman–Crippen LogP) is 3.26. The molecule has 0 radical (unpaired) electrons. The zero-order valence-electron chi connectivity index (χ0n) is 10.5. The fourth-order valence-corrected chi connectivity index (χ4v) is 1.31. The van der Waals surface area contributed by atoms with Gasteiger partial charge in [0.1, 0.15) is 5.78 Å². The molecule has 1 amide bonds. The monoisotopic (exact) mass is 273 g/mol. The molecule has 0 fully saturated rings. The molecule has 0 aliphatic carbocycles. The van der Waals surface area contributed by atoms with Gasteiger partial charge in [-0.2, -0.15) is 13.2 Å². The van der Waals surface area contributed by atoms with Crippen molar-refractivity contribution in [2.75, 3.05) is 5.32 Å². The number of carbonyl (C=O) groups is 2. The first kappa shape index (κ1) is 15.2. The highest BCUT2D eigenvalue weighted by Gasteiger charge is 2.30. The van der Waals surface area contributed by atoms with E-state index < -0.39 is 17.6 Å². The first-order valence-electron chi connectivity index (χ1n) is 5.70. The van der Waals surface area contributed by atoms with Crippen molar-refractivity contribution in [1.82, 2.24) is 0 Å². The maximum absolute atomic E-state index is 12.3. The SMILES string of the molecule is CC(C)C(=O)CC(=O)Nc1ccc(C(F)(F)F)cc1. The zero-order valence-corrected chi connectivity index (χ0v) is 10.5. The topological polar surface area (TPSA) is 46.2 Å². The van der Waals surface area contributed by atoms with Crippen LogP contribution in [-0.2, 0) is 15.8 Å². The smallest absolute Gasteiger partial charge is 0.326 e. The summed E-state index contributed by atoms with van der Waals surface area (Å²) in [6, 6.07) is 4.06. The zero-order chi connectivity index (χ0) is 14.6. The van der Waals surface area contributed by atoms with Gasteiger partial charge in [-0.1, -0.05) is 13.8 Å². The van der Waals surface area contributed by atoms with Crippen LogP contribution < -0.4 is 5.32 Å². The van der Waals surface area contributed by atoms with Gasteiger partial charge in [0.15, 0.2) is 0 Å². The molecule has 0 saturated heterocycles. The van der Waals surface area contributed by atoms with E-state index in [-0.39, 0.29) is 23.8 Å². The average molecular weight is 273 g/mol. The number of Topliss-reactive ketones (excluding diaryl/α,β-unsaturated/α-hetero) is 1. The van der Waals surface area contributed by atoms with E-state index in [2.05, 4.69) is 5.32 Å². The Morgan fingerprint density at radius 2 is 1.68 bits per heavy atom. The van der Waals surface area contributed by atoms with Gasteiger partial charge in [0.25, 0.3) is 0 Å². The van der Waals surface area contributed by atoms with Gasteiger partial charge in [-0.05, 0) is 24.3 Å². The number of anilines is 1. The van der Waals surface area contributed by atoms with E-state index in [1.54, 1.807) is 13.8 Å². The highest BCUT2D eigenvalue weighted by Crippen LogP contribution is 2.29. The molecule has 0 atom stereocenters. The number of amides is 1. The Morgan fingerprint density at radius 3 is 2.11 bits per heavy atom. The number of nitrogens with one attached hydrogen (secondary N) is 1. The molecular weight excluding hydrogens is 259 g/mol. The molecule has 0 spiro atoms. The van der Waals surface area contributed by atoms with Crippen LogP contribution in [0.3, 0.4) is 0 Å². The van der Waals surface area contributed by atoms with E-state index in [1.807, 2.05) is 0 Å². The van der Waals surface area contributed by atoms with Crippen molar-refractivity contribution >= 4 is 17.4 Å². The summed E-state index contributed by atoms with van der Waals surface area (Å²) in [5.41, 5.74) is -0.557. The minimum Gasteiger partial charge on any atom is -0.326 e. The largest absolute Gasteiger partial charge is 0.416 e. The summed E-state index contributed by atoms with van der Waals surface area (Å²) >= 11 is 0. The summed E-state index contributed by atoms with van der Waals surface area (Å²) in [6.45, 7) is 3.35. The number of ketones is 1. The van der Waals surface area contributed by atoms with Gasteiger partial charge in [-0.25, -0.2) is 0 Å². The standard InChI is InChI=1S/C13H14F3NO2/c1-8(2)11(18)7-12(19)17-10-5-3-9(4-6-10)13(14,15)16/h3-6,8H,7H2,1-2H3,(H,17,19). The molecule has 19 heavy (non-hydrogen) atoms. The van der Waals surface area contributed by atoms with Crippen molar-refractivity contribution in [3.8, 4) is 0 Å². The Balaban J connectivity index is 2.64. The van der Waals surface area contributed by atoms with Gasteiger partial charge in [-0.15, -0.1) is 0 Å². The molecule has 1 N–H and O–H groups in total. The van der Waals surface area contributed by atoms with Crippen LogP contribution in [0.2, 0.25) is 0 Å². The van der Waals surface area contributed by atoms with E-state index in [0.29, 0.717) is 0 Å². The van der Waals surface area contributed by atoms with Gasteiger partial charge < -0.3 is 5.32 Å². The Bertz CT molecular complexity index is 464. The third kappa shape index (κ3) is 4.73. The van der Waals surface area contributed by atoms with Gasteiger partial charge in [-0.3, -0.25) is 9.59 Å². The number of hydrogen-bond acceptors (Lipinski definition) is 2. The molecule has 0 unspecified atom stereocenters. The van der Waals surface area contributed by atoms with Crippen molar-refractivity contribution in [2.45, 2.75) is 26.4 Å². The molecule has 0 bridgehead atoms. The van der Waals surface area contributed by atoms with Crippen LogP contribution in [0.5, 0.6) is 0 Å². The lowest BCUT2D eigenvalue weighted by Crippen LogP contribution is -2.19. The summed E-state index contributed by atoms with van der Waals surface area (Å²) < 4.78 is 36.9. The Labute approximate surface area is 108 Å². The molecule has 0 heterocycles. The van der Waals surface area contributed by atoms with Crippen molar-refractivity contribution < 1.29 is 22.8 Å². The predicted molar refractivity (Wildman–Crippen MR) is 64.5 cm³/mol.